The highest BCUT2D eigenvalue weighted by Crippen LogP contribution is 2.30. The number of aliphatic hydroxyl groups excluding tert-OH is 1. The molecule has 1 aromatic carbocycles. The molecule has 0 bridgehead atoms. The minimum Gasteiger partial charge on any atom is -0.460 e. The Labute approximate surface area is 224 Å². The minimum atomic E-state index is -1.02. The number of nitrogens with zero attached hydrogens (tertiary/aromatic N) is 3. The highest BCUT2D eigenvalue weighted by atomic mass is 16.7. The largest absolute Gasteiger partial charge is 0.460 e. The number of carbonyl (C=O) groups excluding carboxylic acids is 2. The van der Waals surface area contributed by atoms with Gasteiger partial charge in [-0.15, -0.1) is 0 Å². The van der Waals surface area contributed by atoms with E-state index in [-0.39, 0.29) is 56.5 Å². The van der Waals surface area contributed by atoms with Crippen molar-refractivity contribution in [3.63, 3.8) is 0 Å². The lowest BCUT2D eigenvalue weighted by Crippen LogP contribution is -2.63. The second-order valence-electron chi connectivity index (χ2n) is 9.71. The summed E-state index contributed by atoms with van der Waals surface area (Å²) in [6.45, 7) is 7.86. The van der Waals surface area contributed by atoms with Crippen LogP contribution in [0.25, 0.3) is 10.4 Å². The number of nitrogens with one attached hydrogen (secondary N) is 1. The van der Waals surface area contributed by atoms with Gasteiger partial charge >= 0.3 is 5.97 Å². The van der Waals surface area contributed by atoms with Crippen molar-refractivity contribution in [1.82, 2.24) is 5.32 Å². The van der Waals surface area contributed by atoms with Gasteiger partial charge in [0, 0.05) is 23.8 Å². The summed E-state index contributed by atoms with van der Waals surface area (Å²) in [4.78, 5) is 28.6. The maximum Gasteiger partial charge on any atom is 0.306 e. The van der Waals surface area contributed by atoms with Gasteiger partial charge in [-0.05, 0) is 23.4 Å². The summed E-state index contributed by atoms with van der Waals surface area (Å²) in [5.74, 6) is -0.971. The molecule has 0 radical (unpaired) electrons. The minimum absolute atomic E-state index is 0.0267. The number of ether oxygens (including phenoxy) is 4. The molecule has 0 aromatic heterocycles. The maximum atomic E-state index is 13.2. The molecule has 0 saturated carbocycles. The zero-order valence-electron chi connectivity index (χ0n) is 22.8. The third-order valence-corrected chi connectivity index (χ3v) is 6.78. The molecule has 11 nitrogen and oxygen atoms in total. The highest BCUT2D eigenvalue weighted by Gasteiger charge is 2.47. The van der Waals surface area contributed by atoms with Gasteiger partial charge in [0.15, 0.2) is 6.29 Å². The summed E-state index contributed by atoms with van der Waals surface area (Å²) in [7, 11) is 0. The molecule has 2 unspecified atom stereocenters. The molecule has 2 rings (SSSR count). The van der Waals surface area contributed by atoms with E-state index >= 15 is 0 Å². The molecule has 1 aliphatic rings. The van der Waals surface area contributed by atoms with Crippen LogP contribution in [0.3, 0.4) is 0 Å². The van der Waals surface area contributed by atoms with Gasteiger partial charge in [0.1, 0.15) is 12.1 Å². The Kier molecular flexibility index (Phi) is 14.1. The van der Waals surface area contributed by atoms with Crippen LogP contribution in [0, 0.1) is 11.8 Å². The summed E-state index contributed by atoms with van der Waals surface area (Å²) < 4.78 is 23.6. The topological polar surface area (TPSA) is 152 Å². The van der Waals surface area contributed by atoms with E-state index in [9.17, 15) is 14.7 Å². The standard InChI is InChI=1S/C27H42N4O7/c1-5-18(3)14-24(34)38-26-19(4)22(16-32)37-27(35-13-12-29-31-28)25(26)30-23(33)15-21(6-2)36-17-20-10-8-7-9-11-20/h7-11,18-19,21-22,25-27,32H,5-6,12-17H2,1-4H3,(H,30,33)/t18-,19-,21-,22?,25?,26+,27+/m1/s1. The average molecular weight is 535 g/mol. The van der Waals surface area contributed by atoms with E-state index in [0.717, 1.165) is 12.0 Å². The molecule has 1 fully saturated rings. The number of aliphatic hydroxyl groups is 1. The van der Waals surface area contributed by atoms with Gasteiger partial charge in [0.05, 0.1) is 38.4 Å². The predicted octanol–water partition coefficient (Wildman–Crippen LogP) is 3.88. The van der Waals surface area contributed by atoms with Crippen LogP contribution in [0.1, 0.15) is 58.9 Å². The number of amides is 1. The third-order valence-electron chi connectivity index (χ3n) is 6.78. The van der Waals surface area contributed by atoms with Gasteiger partial charge in [-0.25, -0.2) is 0 Å². The molecular weight excluding hydrogens is 492 g/mol. The van der Waals surface area contributed by atoms with Crippen molar-refractivity contribution >= 4 is 11.9 Å². The van der Waals surface area contributed by atoms with E-state index in [4.69, 9.17) is 24.5 Å². The fraction of sp³-hybridized carbons (Fsp3) is 0.704. The monoisotopic (exact) mass is 534 g/mol. The van der Waals surface area contributed by atoms with Crippen LogP contribution in [0.2, 0.25) is 0 Å². The first-order valence-electron chi connectivity index (χ1n) is 13.4. The predicted molar refractivity (Wildman–Crippen MR) is 141 cm³/mol. The number of hydrogen-bond acceptors (Lipinski definition) is 8. The zero-order valence-corrected chi connectivity index (χ0v) is 22.8. The summed E-state index contributed by atoms with van der Waals surface area (Å²) in [5, 5.41) is 16.3. The second-order valence-corrected chi connectivity index (χ2v) is 9.71. The lowest BCUT2D eigenvalue weighted by atomic mass is 9.88. The number of benzene rings is 1. The Bertz CT molecular complexity index is 897. The lowest BCUT2D eigenvalue weighted by molar-refractivity contribution is -0.258. The van der Waals surface area contributed by atoms with Crippen LogP contribution in [0.5, 0.6) is 0 Å². The van der Waals surface area contributed by atoms with Gasteiger partial charge in [-0.2, -0.15) is 0 Å². The number of esters is 1. The van der Waals surface area contributed by atoms with Crippen molar-refractivity contribution in [3.8, 4) is 0 Å². The van der Waals surface area contributed by atoms with Crippen molar-refractivity contribution in [2.45, 2.75) is 90.6 Å². The molecule has 1 aromatic rings. The quantitative estimate of drug-likeness (QED) is 0.107. The molecule has 7 atom stereocenters. The summed E-state index contributed by atoms with van der Waals surface area (Å²) in [6.07, 6.45) is -1.03. The van der Waals surface area contributed by atoms with Gasteiger partial charge in [0.25, 0.3) is 0 Å². The number of rotatable bonds is 16. The van der Waals surface area contributed by atoms with E-state index in [2.05, 4.69) is 15.3 Å². The van der Waals surface area contributed by atoms with E-state index in [0.29, 0.717) is 13.0 Å². The first-order chi connectivity index (χ1) is 18.3. The summed E-state index contributed by atoms with van der Waals surface area (Å²) in [5.41, 5.74) is 9.57. The fourth-order valence-corrected chi connectivity index (χ4v) is 4.20. The molecular formula is C27H42N4O7. The molecule has 0 aliphatic carbocycles. The second kappa shape index (κ2) is 17.0. The zero-order chi connectivity index (χ0) is 27.9. The Morgan fingerprint density at radius 3 is 2.58 bits per heavy atom. The number of hydrogen-bond donors (Lipinski definition) is 2. The molecule has 1 amide bonds. The Morgan fingerprint density at radius 1 is 1.21 bits per heavy atom. The van der Waals surface area contributed by atoms with E-state index in [1.165, 1.54) is 0 Å². The first kappa shape index (κ1) is 31.5. The summed E-state index contributed by atoms with van der Waals surface area (Å²) >= 11 is 0. The van der Waals surface area contributed by atoms with E-state index in [1.54, 1.807) is 6.92 Å². The Morgan fingerprint density at radius 2 is 1.95 bits per heavy atom. The van der Waals surface area contributed by atoms with Crippen molar-refractivity contribution in [2.75, 3.05) is 19.8 Å². The van der Waals surface area contributed by atoms with Gasteiger partial charge in [-0.3, -0.25) is 9.59 Å². The smallest absolute Gasteiger partial charge is 0.306 e. The Hall–Kier alpha value is -2.69. The van der Waals surface area contributed by atoms with Crippen molar-refractivity contribution in [1.29, 1.82) is 0 Å². The van der Waals surface area contributed by atoms with Crippen LogP contribution in [0.15, 0.2) is 35.4 Å². The molecule has 11 heteroatoms. The maximum absolute atomic E-state index is 13.2. The number of azide groups is 1. The van der Waals surface area contributed by atoms with E-state index in [1.807, 2.05) is 51.1 Å². The molecule has 1 aliphatic heterocycles. The van der Waals surface area contributed by atoms with Crippen LogP contribution >= 0.6 is 0 Å². The van der Waals surface area contributed by atoms with Crippen LogP contribution in [-0.2, 0) is 35.1 Å². The van der Waals surface area contributed by atoms with Crippen molar-refractivity contribution < 1.29 is 33.6 Å². The van der Waals surface area contributed by atoms with Gasteiger partial charge in [0.2, 0.25) is 5.91 Å². The molecule has 1 heterocycles. The average Bonchev–Trinajstić information content (AvgIpc) is 2.92. The van der Waals surface area contributed by atoms with Gasteiger partial charge < -0.3 is 29.4 Å². The summed E-state index contributed by atoms with van der Waals surface area (Å²) in [6, 6.07) is 8.88. The third kappa shape index (κ3) is 10.2. The normalized spacial score (nSPS) is 24.6. The molecule has 1 saturated heterocycles. The Balaban J connectivity index is 2.16. The van der Waals surface area contributed by atoms with Gasteiger partial charge in [-0.1, -0.05) is 69.6 Å². The molecule has 38 heavy (non-hydrogen) atoms. The number of carbonyl (C=O) groups is 2. The molecule has 212 valence electrons. The SMILES string of the molecule is CC[C@@H](C)CC(=O)O[C@@H]1C(NC(=O)C[C@@H](CC)OCc2ccccc2)[C@@H](OCCN=[N+]=[N-])OC(CO)[C@H]1C. The fourth-order valence-electron chi connectivity index (χ4n) is 4.20. The van der Waals surface area contributed by atoms with Crippen LogP contribution in [-0.4, -0.2) is 67.4 Å². The van der Waals surface area contributed by atoms with E-state index < -0.39 is 30.5 Å². The van der Waals surface area contributed by atoms with Crippen LogP contribution < -0.4 is 5.32 Å². The van der Waals surface area contributed by atoms with Crippen molar-refractivity contribution in [2.24, 2.45) is 17.0 Å². The molecule has 0 spiro atoms. The first-order valence-corrected chi connectivity index (χ1v) is 13.4. The van der Waals surface area contributed by atoms with Crippen molar-refractivity contribution in [3.05, 3.63) is 46.3 Å². The highest BCUT2D eigenvalue weighted by molar-refractivity contribution is 5.77. The lowest BCUT2D eigenvalue weighted by Gasteiger charge is -2.44. The molecule has 2 N–H and O–H groups in total. The van der Waals surface area contributed by atoms with Crippen LogP contribution in [0.4, 0.5) is 0 Å².